The van der Waals surface area contributed by atoms with E-state index in [9.17, 15) is 13.8 Å². The van der Waals surface area contributed by atoms with E-state index in [-0.39, 0.29) is 19.2 Å². The molecule has 4 N–H and O–H groups in total. The van der Waals surface area contributed by atoms with E-state index >= 15 is 0 Å². The number of carbonyl (C=O) groups is 2. The molecule has 43 heavy (non-hydrogen) atoms. The molecular weight excluding hydrogens is 741 g/mol. The lowest BCUT2D eigenvalue weighted by molar-refractivity contribution is -0.210. The van der Waals surface area contributed by atoms with Crippen molar-refractivity contribution in [3.05, 3.63) is 0 Å². The Balaban J connectivity index is 3.42. The molecule has 0 rings (SSSR count). The first-order valence-electron chi connectivity index (χ1n) is 12.4. The second-order valence-corrected chi connectivity index (χ2v) is 17.8. The third-order valence-corrected chi connectivity index (χ3v) is 13.0. The van der Waals surface area contributed by atoms with E-state index in [1.807, 2.05) is 0 Å². The Morgan fingerprint density at radius 3 is 2.00 bits per heavy atom. The fourth-order valence-corrected chi connectivity index (χ4v) is 9.01. The molecule has 0 aliphatic carbocycles. The summed E-state index contributed by atoms with van der Waals surface area (Å²) in [4.78, 5) is 41.0. The monoisotopic (exact) mass is 780 g/mol. The smallest absolute Gasteiger partial charge is 0.408 e. The topological polar surface area (TPSA) is 177 Å². The van der Waals surface area contributed by atoms with E-state index < -0.39 is 23.0 Å². The van der Waals surface area contributed by atoms with Gasteiger partial charge in [-0.05, 0) is 0 Å². The van der Waals surface area contributed by atoms with Crippen LogP contribution in [0.25, 0.3) is 0 Å². The minimum Gasteiger partial charge on any atom is -0.449 e. The number of alkyl carbamates (subject to hydrolysis) is 2. The number of aliphatic hydroxyl groups is 2. The van der Waals surface area contributed by atoms with Crippen molar-refractivity contribution < 1.29 is 43.3 Å². The highest BCUT2D eigenvalue weighted by molar-refractivity contribution is 8.22. The third kappa shape index (κ3) is 36.8. The molecule has 0 aliphatic heterocycles. The number of aliphatic hydroxyl groups excluding tert-OH is 2. The van der Waals surface area contributed by atoms with Crippen molar-refractivity contribution >= 4 is 129 Å². The number of carbonyl (C=O) groups excluding carboxylic acids is 2. The van der Waals surface area contributed by atoms with Crippen LogP contribution >= 0.6 is 94.1 Å². The zero-order chi connectivity index (χ0) is 31.5. The zero-order valence-corrected chi connectivity index (χ0v) is 30.8. The second kappa shape index (κ2) is 37.0. The molecule has 0 aromatic carbocycles. The maximum atomic E-state index is 12.0. The predicted octanol–water partition coefficient (Wildman–Crippen LogP) is 3.66. The number of aliphatic imine (C=N–C) groups is 2. The number of nitrogens with zero attached hydrogens (tertiary/aromatic N) is 2. The van der Waals surface area contributed by atoms with Crippen LogP contribution in [0.1, 0.15) is 0 Å². The Morgan fingerprint density at radius 1 is 0.721 bits per heavy atom. The van der Waals surface area contributed by atoms with Gasteiger partial charge < -0.3 is 35.2 Å². The molecule has 0 fully saturated rings. The summed E-state index contributed by atoms with van der Waals surface area (Å²) >= 11 is 12.2. The van der Waals surface area contributed by atoms with Gasteiger partial charge in [-0.25, -0.2) is 14.6 Å². The Morgan fingerprint density at radius 2 is 1.33 bits per heavy atom. The first kappa shape index (κ1) is 43.5. The van der Waals surface area contributed by atoms with Crippen molar-refractivity contribution in [1.29, 1.82) is 0 Å². The van der Waals surface area contributed by atoms with Gasteiger partial charge in [0.25, 0.3) is 0 Å². The quantitative estimate of drug-likeness (QED) is 0.0200. The molecular formula is C21H40N4O9S9. The van der Waals surface area contributed by atoms with Gasteiger partial charge in [0.1, 0.15) is 19.2 Å². The molecule has 0 aromatic rings. The van der Waals surface area contributed by atoms with Crippen molar-refractivity contribution in [2.75, 3.05) is 99.2 Å². The number of thioether (sulfide) groups is 8. The maximum absolute atomic E-state index is 12.0. The summed E-state index contributed by atoms with van der Waals surface area (Å²) in [5.41, 5.74) is 1.44. The molecule has 1 atom stereocenters. The standard InChI is InChI=1S/C21H40N4O9S9/c26-1-5-35-7-3-31-20(28)24-12-39-17-38-11-23-14-43(30)19-42-18-41-15-32-21(29)25-13-40-16-37-10-22-9-34-33-4-8-36-6-2-27/h9,14,26-27H,1-8,10-13,15-19H2,(H,24,28)(H,25,29)/b22-9-,23-14-. The molecule has 0 aromatic heterocycles. The van der Waals surface area contributed by atoms with E-state index in [0.29, 0.717) is 64.1 Å². The molecule has 0 heterocycles. The van der Waals surface area contributed by atoms with Gasteiger partial charge in [0, 0.05) is 38.3 Å². The highest BCUT2D eigenvalue weighted by Gasteiger charge is 2.03. The van der Waals surface area contributed by atoms with E-state index in [4.69, 9.17) is 29.5 Å². The molecule has 0 spiro atoms. The molecule has 0 saturated carbocycles. The summed E-state index contributed by atoms with van der Waals surface area (Å²) in [7, 11) is -1.17. The molecule has 0 radical (unpaired) electrons. The number of nitrogens with one attached hydrogen (secondary N) is 2. The average Bonchev–Trinajstić information content (AvgIpc) is 3.00. The predicted molar refractivity (Wildman–Crippen MR) is 194 cm³/mol. The van der Waals surface area contributed by atoms with Crippen LogP contribution in [0.4, 0.5) is 9.59 Å². The van der Waals surface area contributed by atoms with Crippen LogP contribution in [0.2, 0.25) is 0 Å². The average molecular weight is 781 g/mol. The molecule has 0 saturated heterocycles. The molecule has 0 aliphatic rings. The van der Waals surface area contributed by atoms with Crippen LogP contribution in [-0.2, 0) is 30.0 Å². The first-order chi connectivity index (χ1) is 21.1. The molecule has 2 amide bonds. The van der Waals surface area contributed by atoms with Crippen molar-refractivity contribution in [1.82, 2.24) is 10.6 Å². The van der Waals surface area contributed by atoms with Crippen molar-refractivity contribution in [2.24, 2.45) is 9.98 Å². The summed E-state index contributed by atoms with van der Waals surface area (Å²) in [6, 6.07) is 0. The van der Waals surface area contributed by atoms with Crippen LogP contribution in [0, 0.1) is 0 Å². The van der Waals surface area contributed by atoms with E-state index in [0.717, 1.165) is 15.9 Å². The minimum atomic E-state index is -1.17. The lowest BCUT2D eigenvalue weighted by Gasteiger charge is -2.06. The zero-order valence-electron chi connectivity index (χ0n) is 23.5. The highest BCUT2D eigenvalue weighted by Crippen LogP contribution is 2.14. The summed E-state index contributed by atoms with van der Waals surface area (Å²) in [6.45, 7) is 1.00. The number of hydrogen-bond donors (Lipinski definition) is 4. The minimum absolute atomic E-state index is 0.116. The third-order valence-electron chi connectivity index (χ3n) is 3.56. The molecule has 22 heteroatoms. The van der Waals surface area contributed by atoms with Gasteiger partial charge in [0.15, 0.2) is 0 Å². The Bertz CT molecular complexity index is 750. The molecule has 1 unspecified atom stereocenters. The molecule has 0 bridgehead atoms. The van der Waals surface area contributed by atoms with Gasteiger partial charge in [-0.1, -0.05) is 0 Å². The normalized spacial score (nSPS) is 12.0. The largest absolute Gasteiger partial charge is 0.449 e. The summed E-state index contributed by atoms with van der Waals surface area (Å²) in [6.07, 6.45) is 0.310. The summed E-state index contributed by atoms with van der Waals surface area (Å²) in [5, 5.41) is 25.1. The lowest BCUT2D eigenvalue weighted by Crippen LogP contribution is -2.24. The van der Waals surface area contributed by atoms with Gasteiger partial charge in [0.05, 0.1) is 58.2 Å². The van der Waals surface area contributed by atoms with Crippen LogP contribution in [0.3, 0.4) is 0 Å². The van der Waals surface area contributed by atoms with E-state index in [1.54, 1.807) is 35.3 Å². The number of rotatable bonds is 31. The van der Waals surface area contributed by atoms with Gasteiger partial charge in [0.2, 0.25) is 6.40 Å². The maximum Gasteiger partial charge on any atom is 0.408 e. The van der Waals surface area contributed by atoms with Crippen LogP contribution in [0.5, 0.6) is 0 Å². The first-order valence-corrected chi connectivity index (χ1v) is 23.0. The second-order valence-electron chi connectivity index (χ2n) is 6.83. The van der Waals surface area contributed by atoms with Gasteiger partial charge >= 0.3 is 12.2 Å². The van der Waals surface area contributed by atoms with E-state index in [1.165, 1.54) is 70.8 Å². The van der Waals surface area contributed by atoms with E-state index in [2.05, 4.69) is 20.6 Å². The van der Waals surface area contributed by atoms with Crippen molar-refractivity contribution in [3.8, 4) is 0 Å². The fourth-order valence-electron chi connectivity index (χ4n) is 1.91. The van der Waals surface area contributed by atoms with Crippen molar-refractivity contribution in [3.63, 3.8) is 0 Å². The number of ether oxygens (including phenoxy) is 2. The highest BCUT2D eigenvalue weighted by atomic mass is 32.2. The number of amides is 2. The Labute approximate surface area is 290 Å². The Kier molecular flexibility index (Phi) is 37.4. The van der Waals surface area contributed by atoms with Crippen LogP contribution < -0.4 is 10.6 Å². The summed E-state index contributed by atoms with van der Waals surface area (Å²) < 4.78 is 22.1. The van der Waals surface area contributed by atoms with Gasteiger partial charge in [-0.2, -0.15) is 28.4 Å². The van der Waals surface area contributed by atoms with Gasteiger partial charge in [-0.3, -0.25) is 9.20 Å². The SMILES string of the molecule is O=C(NCSCSC/N=C\S(=O)CSCSCOC(=O)NCSCSC/N=C\OOCCSCCO)OCCSCCO. The van der Waals surface area contributed by atoms with Gasteiger partial charge in [-0.15, -0.1) is 70.6 Å². The van der Waals surface area contributed by atoms with Crippen molar-refractivity contribution in [2.45, 2.75) is 0 Å². The fraction of sp³-hybridized carbons (Fsp3) is 0.810. The summed E-state index contributed by atoms with van der Waals surface area (Å²) in [5.74, 6) is 4.76. The Hall–Kier alpha value is 0.510. The van der Waals surface area contributed by atoms with Crippen LogP contribution in [-0.4, -0.2) is 138 Å². The van der Waals surface area contributed by atoms with Crippen LogP contribution in [0.15, 0.2) is 9.98 Å². The molecule has 13 nitrogen and oxygen atoms in total. The lowest BCUT2D eigenvalue weighted by atomic mass is 10.8. The molecule has 252 valence electrons. The number of hydrogen-bond acceptors (Lipinski definition) is 19.